The van der Waals surface area contributed by atoms with Gasteiger partial charge >= 0.3 is 0 Å². The number of amides is 2. The first kappa shape index (κ1) is 15.2. The number of piperazine rings is 1. The average Bonchev–Trinajstić information content (AvgIpc) is 2.54. The Balaban J connectivity index is 1.72. The minimum atomic E-state index is -0.191. The topological polar surface area (TPSA) is 77.6 Å². The van der Waals surface area contributed by atoms with Crippen LogP contribution in [0.1, 0.15) is 0 Å². The molecule has 0 aromatic carbocycles. The molecule has 0 radical (unpaired) electrons. The zero-order valence-corrected chi connectivity index (χ0v) is 12.2. The number of pyridine rings is 1. The van der Waals surface area contributed by atoms with Gasteiger partial charge in [0.2, 0.25) is 11.8 Å². The van der Waals surface area contributed by atoms with Crippen LogP contribution in [0.3, 0.4) is 0 Å². The number of aromatic nitrogens is 1. The van der Waals surface area contributed by atoms with Gasteiger partial charge in [-0.2, -0.15) is 0 Å². The molecule has 2 heterocycles. The van der Waals surface area contributed by atoms with Gasteiger partial charge in [-0.05, 0) is 12.1 Å². The van der Waals surface area contributed by atoms with Crippen molar-refractivity contribution in [2.45, 2.75) is 0 Å². The number of nitrogens with one attached hydrogen (secondary N) is 2. The fourth-order valence-corrected chi connectivity index (χ4v) is 2.20. The van der Waals surface area contributed by atoms with Crippen LogP contribution in [0.5, 0.6) is 0 Å². The van der Waals surface area contributed by atoms with Gasteiger partial charge < -0.3 is 15.5 Å². The Bertz CT molecular complexity index is 472. The van der Waals surface area contributed by atoms with Crippen molar-refractivity contribution in [3.63, 3.8) is 0 Å². The fraction of sp³-hybridized carbons (Fsp3) is 0.500. The average molecular weight is 291 g/mol. The molecule has 0 unspecified atom stereocenters. The van der Waals surface area contributed by atoms with Gasteiger partial charge in [0, 0.05) is 39.4 Å². The summed E-state index contributed by atoms with van der Waals surface area (Å²) in [5.74, 6) is 0.662. The number of carbonyl (C=O) groups is 2. The molecule has 0 bridgehead atoms. The molecule has 1 fully saturated rings. The smallest absolute Gasteiger partial charge is 0.239 e. The number of carbonyl (C=O) groups excluding carboxylic acids is 2. The maximum atomic E-state index is 11.7. The van der Waals surface area contributed by atoms with Crippen LogP contribution in [-0.4, -0.2) is 68.0 Å². The number of nitrogens with zero attached hydrogens (tertiary/aromatic N) is 3. The summed E-state index contributed by atoms with van der Waals surface area (Å²) < 4.78 is 0. The van der Waals surface area contributed by atoms with E-state index in [4.69, 9.17) is 0 Å². The van der Waals surface area contributed by atoms with Crippen LogP contribution in [0.2, 0.25) is 0 Å². The second-order valence-electron chi connectivity index (χ2n) is 4.90. The zero-order valence-electron chi connectivity index (χ0n) is 12.2. The lowest BCUT2D eigenvalue weighted by molar-refractivity contribution is -0.126. The molecular formula is C14H21N5O2. The number of likely N-dealkylation sites (N-methyl/N-ethyl adjacent to an activating group) is 1. The second kappa shape index (κ2) is 7.58. The predicted molar refractivity (Wildman–Crippen MR) is 80.0 cm³/mol. The molecular weight excluding hydrogens is 270 g/mol. The zero-order chi connectivity index (χ0) is 15.1. The minimum Gasteiger partial charge on any atom is -0.358 e. The van der Waals surface area contributed by atoms with Crippen LogP contribution < -0.4 is 15.5 Å². The molecule has 2 rings (SSSR count). The molecule has 2 N–H and O–H groups in total. The maximum Gasteiger partial charge on any atom is 0.239 e. The van der Waals surface area contributed by atoms with Crippen molar-refractivity contribution in [2.75, 3.05) is 51.2 Å². The van der Waals surface area contributed by atoms with E-state index >= 15 is 0 Å². The van der Waals surface area contributed by atoms with Gasteiger partial charge in [-0.1, -0.05) is 6.07 Å². The molecule has 114 valence electrons. The fourth-order valence-electron chi connectivity index (χ4n) is 2.20. The molecule has 1 aliphatic rings. The second-order valence-corrected chi connectivity index (χ2v) is 4.90. The Kier molecular flexibility index (Phi) is 5.51. The minimum absolute atomic E-state index is 0.0310. The van der Waals surface area contributed by atoms with E-state index < -0.39 is 0 Å². The van der Waals surface area contributed by atoms with Crippen LogP contribution >= 0.6 is 0 Å². The molecule has 7 nitrogen and oxygen atoms in total. The highest BCUT2D eigenvalue weighted by Gasteiger charge is 2.19. The molecule has 21 heavy (non-hydrogen) atoms. The molecule has 1 saturated heterocycles. The van der Waals surface area contributed by atoms with Crippen LogP contribution in [0.25, 0.3) is 0 Å². The van der Waals surface area contributed by atoms with Crippen molar-refractivity contribution in [1.29, 1.82) is 0 Å². The van der Waals surface area contributed by atoms with Gasteiger partial charge in [-0.25, -0.2) is 4.98 Å². The van der Waals surface area contributed by atoms with Gasteiger partial charge in [0.15, 0.2) is 0 Å². The lowest BCUT2D eigenvalue weighted by atomic mass is 10.3. The van der Waals surface area contributed by atoms with Crippen molar-refractivity contribution >= 4 is 17.6 Å². The summed E-state index contributed by atoms with van der Waals surface area (Å²) >= 11 is 0. The SMILES string of the molecule is CNC(=O)CNC(=O)CN1CCN(c2ccccn2)CC1. The van der Waals surface area contributed by atoms with Gasteiger partial charge in [-0.15, -0.1) is 0 Å². The summed E-state index contributed by atoms with van der Waals surface area (Å²) in [7, 11) is 1.55. The van der Waals surface area contributed by atoms with Crippen LogP contribution in [-0.2, 0) is 9.59 Å². The van der Waals surface area contributed by atoms with E-state index in [9.17, 15) is 9.59 Å². The van der Waals surface area contributed by atoms with E-state index in [0.29, 0.717) is 6.54 Å². The highest BCUT2D eigenvalue weighted by Crippen LogP contribution is 2.11. The first-order chi connectivity index (χ1) is 10.2. The van der Waals surface area contributed by atoms with Crippen molar-refractivity contribution < 1.29 is 9.59 Å². The molecule has 7 heteroatoms. The predicted octanol–water partition coefficient (Wildman–Crippen LogP) is -0.934. The molecule has 1 aromatic rings. The summed E-state index contributed by atoms with van der Waals surface area (Å²) in [6, 6.07) is 5.86. The highest BCUT2D eigenvalue weighted by atomic mass is 16.2. The molecule has 1 aliphatic heterocycles. The Labute approximate surface area is 124 Å². The Morgan fingerprint density at radius 3 is 2.57 bits per heavy atom. The highest BCUT2D eigenvalue weighted by molar-refractivity contribution is 5.85. The van der Waals surface area contributed by atoms with Gasteiger partial charge in [0.05, 0.1) is 13.1 Å². The molecule has 0 aliphatic carbocycles. The summed E-state index contributed by atoms with van der Waals surface area (Å²) in [6.45, 7) is 3.67. The van der Waals surface area contributed by atoms with E-state index in [1.807, 2.05) is 18.2 Å². The van der Waals surface area contributed by atoms with Crippen LogP contribution in [0.15, 0.2) is 24.4 Å². The third-order valence-electron chi connectivity index (χ3n) is 3.44. The third kappa shape index (κ3) is 4.71. The summed E-state index contributed by atoms with van der Waals surface area (Å²) in [6.07, 6.45) is 1.79. The normalized spacial score (nSPS) is 15.6. The van der Waals surface area contributed by atoms with E-state index in [1.54, 1.807) is 13.2 Å². The lowest BCUT2D eigenvalue weighted by Gasteiger charge is -2.34. The van der Waals surface area contributed by atoms with Crippen LogP contribution in [0.4, 0.5) is 5.82 Å². The first-order valence-corrected chi connectivity index (χ1v) is 7.04. The van der Waals surface area contributed by atoms with Crippen molar-refractivity contribution in [3.8, 4) is 0 Å². The monoisotopic (exact) mass is 291 g/mol. The van der Waals surface area contributed by atoms with Crippen molar-refractivity contribution in [1.82, 2.24) is 20.5 Å². The summed E-state index contributed by atoms with van der Waals surface area (Å²) in [5.41, 5.74) is 0. The van der Waals surface area contributed by atoms with Crippen molar-refractivity contribution in [2.24, 2.45) is 0 Å². The maximum absolute atomic E-state index is 11.7. The summed E-state index contributed by atoms with van der Waals surface area (Å²) in [5, 5.41) is 5.07. The number of anilines is 1. The van der Waals surface area contributed by atoms with Gasteiger partial charge in [0.25, 0.3) is 0 Å². The molecule has 1 aromatic heterocycles. The Morgan fingerprint density at radius 2 is 1.95 bits per heavy atom. The number of hydrogen-bond donors (Lipinski definition) is 2. The van der Waals surface area contributed by atoms with Crippen molar-refractivity contribution in [3.05, 3.63) is 24.4 Å². The summed E-state index contributed by atoms with van der Waals surface area (Å²) in [4.78, 5) is 31.4. The number of hydrogen-bond acceptors (Lipinski definition) is 5. The molecule has 0 saturated carbocycles. The van der Waals surface area contributed by atoms with E-state index in [2.05, 4.69) is 25.4 Å². The quantitative estimate of drug-likeness (QED) is 0.732. The molecule has 2 amide bonds. The van der Waals surface area contributed by atoms with Gasteiger partial charge in [-0.3, -0.25) is 14.5 Å². The molecule has 0 atom stereocenters. The Morgan fingerprint density at radius 1 is 1.19 bits per heavy atom. The van der Waals surface area contributed by atoms with Crippen LogP contribution in [0, 0.1) is 0 Å². The largest absolute Gasteiger partial charge is 0.358 e. The van der Waals surface area contributed by atoms with E-state index in [0.717, 1.165) is 32.0 Å². The van der Waals surface area contributed by atoms with E-state index in [-0.39, 0.29) is 18.4 Å². The van der Waals surface area contributed by atoms with E-state index in [1.165, 1.54) is 0 Å². The first-order valence-electron chi connectivity index (χ1n) is 7.04. The molecule has 0 spiro atoms. The Hall–Kier alpha value is -2.15. The van der Waals surface area contributed by atoms with Gasteiger partial charge in [0.1, 0.15) is 5.82 Å². The number of rotatable bonds is 5. The standard InChI is InChI=1S/C14H21N5O2/c1-15-13(20)10-17-14(21)11-18-6-8-19(9-7-18)12-4-2-3-5-16-12/h2-5H,6-11H2,1H3,(H,15,20)(H,17,21). The third-order valence-corrected chi connectivity index (χ3v) is 3.44. The lowest BCUT2D eigenvalue weighted by Crippen LogP contribution is -2.50.